The Balaban J connectivity index is 1.49. The molecule has 1 aromatic heterocycles. The van der Waals surface area contributed by atoms with E-state index in [1.54, 1.807) is 24.5 Å². The van der Waals surface area contributed by atoms with Crippen LogP contribution in [0.2, 0.25) is 0 Å². The second kappa shape index (κ2) is 11.9. The van der Waals surface area contributed by atoms with Gasteiger partial charge in [-0.2, -0.15) is 0 Å². The van der Waals surface area contributed by atoms with E-state index in [0.29, 0.717) is 12.4 Å². The molecule has 1 heterocycles. The van der Waals surface area contributed by atoms with Crippen LogP contribution in [0, 0.1) is 0 Å². The molecule has 0 unspecified atom stereocenters. The maximum absolute atomic E-state index is 13.5. The zero-order valence-corrected chi connectivity index (χ0v) is 22.2. The second-order valence-corrected chi connectivity index (χ2v) is 10.8. The van der Waals surface area contributed by atoms with Gasteiger partial charge in [0.05, 0.1) is 12.2 Å². The Bertz CT molecular complexity index is 1310. The van der Waals surface area contributed by atoms with Crippen LogP contribution >= 0.6 is 11.3 Å². The van der Waals surface area contributed by atoms with E-state index in [-0.39, 0.29) is 18.6 Å². The van der Waals surface area contributed by atoms with Crippen molar-refractivity contribution in [3.63, 3.8) is 0 Å². The first-order valence-corrected chi connectivity index (χ1v) is 14.3. The van der Waals surface area contributed by atoms with Crippen LogP contribution in [0.25, 0.3) is 10.8 Å². The van der Waals surface area contributed by atoms with Crippen LogP contribution in [-0.4, -0.2) is 37.3 Å². The molecule has 6 nitrogen and oxygen atoms in total. The van der Waals surface area contributed by atoms with Crippen molar-refractivity contribution in [3.8, 4) is 5.75 Å². The van der Waals surface area contributed by atoms with E-state index < -0.39 is 5.97 Å². The van der Waals surface area contributed by atoms with E-state index in [9.17, 15) is 9.59 Å². The molecular weight excluding hydrogens is 484 g/mol. The number of nitrogens with one attached hydrogen (secondary N) is 1. The van der Waals surface area contributed by atoms with Crippen molar-refractivity contribution < 1.29 is 19.1 Å². The van der Waals surface area contributed by atoms with Gasteiger partial charge in [0.25, 0.3) is 5.91 Å². The average Bonchev–Trinajstić information content (AvgIpc) is 3.30. The number of benzene rings is 2. The fourth-order valence-corrected chi connectivity index (χ4v) is 6.61. The minimum atomic E-state index is -0.411. The topological polar surface area (TPSA) is 77.0 Å². The molecule has 3 aromatic rings. The molecule has 0 radical (unpaired) electrons. The number of carbonyl (C=O) groups excluding carboxylic acids is 2. The van der Waals surface area contributed by atoms with Crippen LogP contribution in [0.15, 0.2) is 41.4 Å². The van der Waals surface area contributed by atoms with Gasteiger partial charge in [-0.15, -0.1) is 11.3 Å². The summed E-state index contributed by atoms with van der Waals surface area (Å²) in [7, 11) is 0. The molecule has 1 fully saturated rings. The van der Waals surface area contributed by atoms with Crippen LogP contribution in [0.3, 0.4) is 0 Å². The van der Waals surface area contributed by atoms with Gasteiger partial charge in [-0.3, -0.25) is 4.79 Å². The maximum atomic E-state index is 13.5. The summed E-state index contributed by atoms with van der Waals surface area (Å²) < 4.78 is 10.9. The number of hydrogen-bond donors (Lipinski definition) is 1. The van der Waals surface area contributed by atoms with Crippen LogP contribution in [0.4, 0.5) is 5.00 Å². The molecule has 0 bridgehead atoms. The molecule has 1 amide bonds. The number of ether oxygens (including phenoxy) is 2. The molecule has 2 aliphatic carbocycles. The first-order valence-electron chi connectivity index (χ1n) is 13.4. The Hall–Kier alpha value is -3.19. The molecule has 0 spiro atoms. The van der Waals surface area contributed by atoms with Crippen molar-refractivity contribution >= 4 is 45.2 Å². The number of nitrogens with zero attached hydrogens (tertiary/aromatic N) is 1. The van der Waals surface area contributed by atoms with Gasteiger partial charge in [-0.25, -0.2) is 9.79 Å². The van der Waals surface area contributed by atoms with E-state index in [1.807, 2.05) is 36.4 Å². The Morgan fingerprint density at radius 1 is 1.05 bits per heavy atom. The molecule has 1 saturated carbocycles. The number of aliphatic imine (C=N–C) groups is 1. The Morgan fingerprint density at radius 2 is 1.86 bits per heavy atom. The summed E-state index contributed by atoms with van der Waals surface area (Å²) in [6.45, 7) is 1.91. The van der Waals surface area contributed by atoms with Crippen molar-refractivity contribution in [2.24, 2.45) is 4.99 Å². The number of rotatable bonds is 8. The number of thiophene rings is 1. The van der Waals surface area contributed by atoms with Gasteiger partial charge >= 0.3 is 5.97 Å². The van der Waals surface area contributed by atoms with Gasteiger partial charge in [0, 0.05) is 22.7 Å². The van der Waals surface area contributed by atoms with E-state index in [2.05, 4.69) is 5.32 Å². The van der Waals surface area contributed by atoms with Gasteiger partial charge in [0.1, 0.15) is 10.8 Å². The number of amides is 1. The number of aryl methyl sites for hydroxylation is 1. The lowest BCUT2D eigenvalue weighted by molar-refractivity contribution is -0.145. The molecule has 2 aromatic carbocycles. The van der Waals surface area contributed by atoms with Crippen molar-refractivity contribution in [2.45, 2.75) is 70.8 Å². The first kappa shape index (κ1) is 25.5. The summed E-state index contributed by atoms with van der Waals surface area (Å²) in [4.78, 5) is 31.7. The largest absolute Gasteiger partial charge is 0.481 e. The summed E-state index contributed by atoms with van der Waals surface area (Å²) in [6.07, 6.45) is 11.7. The standard InChI is InChI=1S/C30H34N2O4S/c1-2-35-27(33)19-36-25-17-16-20-10-6-7-13-22(20)24(25)18-31-30-28(23-14-8-9-15-26(23)37-30)29(34)32-21-11-4-3-5-12-21/h6-7,10,13,16-18,21H,2-5,8-9,11-12,14-15,19H2,1H3,(H,32,34)/b31-18-. The Morgan fingerprint density at radius 3 is 2.70 bits per heavy atom. The first-order chi connectivity index (χ1) is 18.1. The third-order valence-corrected chi connectivity index (χ3v) is 8.41. The molecule has 5 rings (SSSR count). The summed E-state index contributed by atoms with van der Waals surface area (Å²) in [6, 6.07) is 12.1. The lowest BCUT2D eigenvalue weighted by Crippen LogP contribution is -2.36. The van der Waals surface area contributed by atoms with Crippen LogP contribution in [0.1, 0.15) is 78.2 Å². The smallest absolute Gasteiger partial charge is 0.344 e. The molecule has 0 aliphatic heterocycles. The molecule has 7 heteroatoms. The van der Waals surface area contributed by atoms with E-state index >= 15 is 0 Å². The van der Waals surface area contributed by atoms with Crippen LogP contribution < -0.4 is 10.1 Å². The molecule has 1 N–H and O–H groups in total. The summed E-state index contributed by atoms with van der Waals surface area (Å²) in [5, 5.41) is 6.09. The Kier molecular flexibility index (Phi) is 8.19. The molecule has 0 saturated heterocycles. The molecular formula is C30H34N2O4S. The van der Waals surface area contributed by atoms with E-state index in [1.165, 1.54) is 29.7 Å². The summed E-state index contributed by atoms with van der Waals surface area (Å²) in [5.74, 6) is 0.159. The third-order valence-electron chi connectivity index (χ3n) is 7.21. The maximum Gasteiger partial charge on any atom is 0.344 e. The lowest BCUT2D eigenvalue weighted by atomic mass is 9.93. The molecule has 0 atom stereocenters. The van der Waals surface area contributed by atoms with Gasteiger partial charge < -0.3 is 14.8 Å². The predicted octanol–water partition coefficient (Wildman–Crippen LogP) is 6.54. The molecule has 2 aliphatic rings. The lowest BCUT2D eigenvalue weighted by Gasteiger charge is -2.23. The number of fused-ring (bicyclic) bond motifs is 2. The highest BCUT2D eigenvalue weighted by Crippen LogP contribution is 2.40. The fraction of sp³-hybridized carbons (Fsp3) is 0.433. The summed E-state index contributed by atoms with van der Waals surface area (Å²) >= 11 is 1.63. The quantitative estimate of drug-likeness (QED) is 0.271. The van der Waals surface area contributed by atoms with Crippen molar-refractivity contribution in [1.29, 1.82) is 0 Å². The fourth-order valence-electron chi connectivity index (χ4n) is 5.38. The highest BCUT2D eigenvalue weighted by atomic mass is 32.1. The van der Waals surface area contributed by atoms with Crippen LogP contribution in [0.5, 0.6) is 5.75 Å². The third kappa shape index (κ3) is 5.87. The number of hydrogen-bond acceptors (Lipinski definition) is 6. The minimum Gasteiger partial charge on any atom is -0.481 e. The number of esters is 1. The van der Waals surface area contributed by atoms with Crippen LogP contribution in [-0.2, 0) is 22.4 Å². The molecule has 37 heavy (non-hydrogen) atoms. The Labute approximate surface area is 222 Å². The second-order valence-electron chi connectivity index (χ2n) is 9.75. The van der Waals surface area contributed by atoms with Crippen molar-refractivity contribution in [3.05, 3.63) is 58.0 Å². The zero-order valence-electron chi connectivity index (χ0n) is 21.4. The van der Waals surface area contributed by atoms with Crippen molar-refractivity contribution in [1.82, 2.24) is 5.32 Å². The highest BCUT2D eigenvalue weighted by Gasteiger charge is 2.27. The van der Waals surface area contributed by atoms with Gasteiger partial charge in [-0.1, -0.05) is 49.6 Å². The monoisotopic (exact) mass is 518 g/mol. The van der Waals surface area contributed by atoms with E-state index in [4.69, 9.17) is 14.5 Å². The predicted molar refractivity (Wildman–Crippen MR) is 149 cm³/mol. The minimum absolute atomic E-state index is 0.00940. The van der Waals surface area contributed by atoms with Gasteiger partial charge in [0.15, 0.2) is 6.61 Å². The van der Waals surface area contributed by atoms with E-state index in [0.717, 1.165) is 65.4 Å². The summed E-state index contributed by atoms with van der Waals surface area (Å²) in [5.41, 5.74) is 2.71. The average molecular weight is 519 g/mol. The normalized spacial score (nSPS) is 16.0. The van der Waals surface area contributed by atoms with Crippen molar-refractivity contribution in [2.75, 3.05) is 13.2 Å². The van der Waals surface area contributed by atoms with Gasteiger partial charge in [-0.05, 0) is 67.9 Å². The van der Waals surface area contributed by atoms with Gasteiger partial charge in [0.2, 0.25) is 0 Å². The highest BCUT2D eigenvalue weighted by molar-refractivity contribution is 7.16. The SMILES string of the molecule is CCOC(=O)COc1ccc2ccccc2c1/C=N\c1sc2c(c1C(=O)NC1CCCCC1)CCCC2. The molecule has 194 valence electrons. The zero-order chi connectivity index (χ0) is 25.6. The number of carbonyl (C=O) groups is 2.